The van der Waals surface area contributed by atoms with E-state index < -0.39 is 0 Å². The van der Waals surface area contributed by atoms with Gasteiger partial charge in [0.25, 0.3) is 0 Å². The van der Waals surface area contributed by atoms with Gasteiger partial charge in [-0.05, 0) is 42.9 Å². The van der Waals surface area contributed by atoms with Crippen molar-refractivity contribution in [1.29, 1.82) is 0 Å². The molecule has 1 fully saturated rings. The summed E-state index contributed by atoms with van der Waals surface area (Å²) in [5, 5.41) is 0. The van der Waals surface area contributed by atoms with E-state index in [0.29, 0.717) is 6.54 Å². The Balaban J connectivity index is 2.14. The molecular formula is C10H13FN2. The molecule has 2 nitrogen and oxygen atoms in total. The Labute approximate surface area is 77.0 Å². The van der Waals surface area contributed by atoms with Crippen LogP contribution in [0.3, 0.4) is 0 Å². The normalized spacial score (nSPS) is 18.6. The highest BCUT2D eigenvalue weighted by molar-refractivity contribution is 5.17. The van der Waals surface area contributed by atoms with E-state index in [4.69, 9.17) is 5.73 Å². The number of nitrogens with two attached hydrogens (primary N) is 1. The lowest BCUT2D eigenvalue weighted by atomic mass is 9.97. The topological polar surface area (TPSA) is 38.9 Å². The van der Waals surface area contributed by atoms with Crippen molar-refractivity contribution in [3.05, 3.63) is 29.8 Å². The summed E-state index contributed by atoms with van der Waals surface area (Å²) in [5.41, 5.74) is 6.57. The van der Waals surface area contributed by atoms with Gasteiger partial charge in [-0.15, -0.1) is 0 Å². The van der Waals surface area contributed by atoms with Gasteiger partial charge in [0.2, 0.25) is 0 Å². The summed E-state index contributed by atoms with van der Waals surface area (Å²) < 4.78 is 13.2. The van der Waals surface area contributed by atoms with Crippen molar-refractivity contribution in [3.8, 4) is 0 Å². The van der Waals surface area contributed by atoms with Gasteiger partial charge in [0.05, 0.1) is 6.20 Å². The largest absolute Gasteiger partial charge is 0.330 e. The molecule has 70 valence electrons. The van der Waals surface area contributed by atoms with Gasteiger partial charge >= 0.3 is 0 Å². The van der Waals surface area contributed by atoms with Gasteiger partial charge in [-0.1, -0.05) is 0 Å². The quantitative estimate of drug-likeness (QED) is 0.765. The second kappa shape index (κ2) is 3.07. The molecule has 0 unspecified atom stereocenters. The third-order valence-electron chi connectivity index (χ3n) is 2.81. The van der Waals surface area contributed by atoms with Crippen LogP contribution in [0.2, 0.25) is 0 Å². The fourth-order valence-electron chi connectivity index (χ4n) is 1.58. The van der Waals surface area contributed by atoms with Gasteiger partial charge < -0.3 is 5.73 Å². The molecule has 1 heterocycles. The summed E-state index contributed by atoms with van der Waals surface area (Å²) in [7, 11) is 0. The number of aromatic nitrogens is 1. The Morgan fingerprint density at radius 1 is 1.54 bits per heavy atom. The molecule has 0 atom stereocenters. The minimum atomic E-state index is -0.206. The molecule has 2 N–H and O–H groups in total. The first kappa shape index (κ1) is 8.63. The second-order valence-electron chi connectivity index (χ2n) is 3.85. The van der Waals surface area contributed by atoms with Crippen molar-refractivity contribution in [2.75, 3.05) is 6.54 Å². The molecule has 0 aromatic carbocycles. The minimum absolute atomic E-state index is 0.197. The van der Waals surface area contributed by atoms with E-state index in [1.54, 1.807) is 12.3 Å². The second-order valence-corrected chi connectivity index (χ2v) is 3.85. The van der Waals surface area contributed by atoms with Crippen LogP contribution < -0.4 is 5.73 Å². The van der Waals surface area contributed by atoms with Crippen LogP contribution in [-0.4, -0.2) is 11.5 Å². The van der Waals surface area contributed by atoms with Gasteiger partial charge in [-0.25, -0.2) is 4.39 Å². The summed E-state index contributed by atoms with van der Waals surface area (Å²) in [4.78, 5) is 3.71. The molecule has 1 aliphatic carbocycles. The van der Waals surface area contributed by atoms with Crippen molar-refractivity contribution in [2.45, 2.75) is 19.3 Å². The first-order valence-electron chi connectivity index (χ1n) is 4.54. The monoisotopic (exact) mass is 180 g/mol. The SMILES string of the molecule is NCC1(Cc2ccncc2F)CC1. The van der Waals surface area contributed by atoms with Gasteiger partial charge in [-0.3, -0.25) is 4.98 Å². The maximum absolute atomic E-state index is 13.2. The molecule has 1 aromatic heterocycles. The molecule has 1 aromatic rings. The van der Waals surface area contributed by atoms with Crippen LogP contribution in [0.4, 0.5) is 4.39 Å². The first-order valence-corrected chi connectivity index (χ1v) is 4.54. The maximum Gasteiger partial charge on any atom is 0.144 e. The van der Waals surface area contributed by atoms with Gasteiger partial charge in [0.15, 0.2) is 0 Å². The summed E-state index contributed by atoms with van der Waals surface area (Å²) in [5.74, 6) is -0.206. The molecule has 1 aliphatic rings. The molecule has 0 saturated heterocycles. The number of hydrogen-bond acceptors (Lipinski definition) is 2. The summed E-state index contributed by atoms with van der Waals surface area (Å²) in [6.45, 7) is 0.661. The average molecular weight is 180 g/mol. The van der Waals surface area contributed by atoms with Crippen molar-refractivity contribution in [2.24, 2.45) is 11.1 Å². The molecule has 0 bridgehead atoms. The van der Waals surface area contributed by atoms with Crippen LogP contribution >= 0.6 is 0 Å². The molecule has 0 amide bonds. The predicted octanol–water partition coefficient (Wildman–Crippen LogP) is 1.50. The molecule has 0 aliphatic heterocycles. The van der Waals surface area contributed by atoms with E-state index in [2.05, 4.69) is 4.98 Å². The van der Waals surface area contributed by atoms with E-state index in [-0.39, 0.29) is 11.2 Å². The highest BCUT2D eigenvalue weighted by atomic mass is 19.1. The van der Waals surface area contributed by atoms with E-state index in [1.807, 2.05) is 0 Å². The first-order chi connectivity index (χ1) is 6.26. The van der Waals surface area contributed by atoms with Crippen LogP contribution in [-0.2, 0) is 6.42 Å². The Hall–Kier alpha value is -0.960. The number of pyridine rings is 1. The Morgan fingerprint density at radius 3 is 2.85 bits per heavy atom. The zero-order valence-electron chi connectivity index (χ0n) is 7.46. The van der Waals surface area contributed by atoms with E-state index in [1.165, 1.54) is 6.20 Å². The zero-order valence-corrected chi connectivity index (χ0v) is 7.46. The summed E-state index contributed by atoms with van der Waals surface area (Å²) in [6.07, 6.45) is 5.92. The average Bonchev–Trinajstić information content (AvgIpc) is 2.90. The van der Waals surface area contributed by atoms with Crippen LogP contribution in [0.15, 0.2) is 18.5 Å². The predicted molar refractivity (Wildman–Crippen MR) is 48.6 cm³/mol. The van der Waals surface area contributed by atoms with Crippen molar-refractivity contribution >= 4 is 0 Å². The van der Waals surface area contributed by atoms with Gasteiger partial charge in [0, 0.05) is 6.20 Å². The zero-order chi connectivity index (χ0) is 9.31. The number of rotatable bonds is 3. The molecule has 0 radical (unpaired) electrons. The van der Waals surface area contributed by atoms with Crippen LogP contribution in [0.25, 0.3) is 0 Å². The minimum Gasteiger partial charge on any atom is -0.330 e. The molecule has 3 heteroatoms. The maximum atomic E-state index is 13.2. The molecule has 13 heavy (non-hydrogen) atoms. The molecule has 1 saturated carbocycles. The summed E-state index contributed by atoms with van der Waals surface area (Å²) >= 11 is 0. The molecular weight excluding hydrogens is 167 g/mol. The number of hydrogen-bond donors (Lipinski definition) is 1. The Bertz CT molecular complexity index is 308. The van der Waals surface area contributed by atoms with E-state index >= 15 is 0 Å². The van der Waals surface area contributed by atoms with Crippen molar-refractivity contribution in [3.63, 3.8) is 0 Å². The van der Waals surface area contributed by atoms with Crippen LogP contribution in [0.1, 0.15) is 18.4 Å². The molecule has 2 rings (SSSR count). The lowest BCUT2D eigenvalue weighted by molar-refractivity contribution is 0.498. The van der Waals surface area contributed by atoms with E-state index in [0.717, 1.165) is 24.8 Å². The highest BCUT2D eigenvalue weighted by Gasteiger charge is 2.41. The smallest absolute Gasteiger partial charge is 0.144 e. The standard InChI is InChI=1S/C10H13FN2/c11-9-6-13-4-1-8(9)5-10(7-12)2-3-10/h1,4,6H,2-3,5,7,12H2. The van der Waals surface area contributed by atoms with Gasteiger partial charge in [-0.2, -0.15) is 0 Å². The fourth-order valence-corrected chi connectivity index (χ4v) is 1.58. The van der Waals surface area contributed by atoms with Crippen LogP contribution in [0, 0.1) is 11.2 Å². The highest BCUT2D eigenvalue weighted by Crippen LogP contribution is 2.47. The number of halogens is 1. The lowest BCUT2D eigenvalue weighted by Crippen LogP contribution is -2.18. The molecule has 0 spiro atoms. The Kier molecular flexibility index (Phi) is 2.04. The third-order valence-corrected chi connectivity index (χ3v) is 2.81. The number of nitrogens with zero attached hydrogens (tertiary/aromatic N) is 1. The lowest BCUT2D eigenvalue weighted by Gasteiger charge is -2.11. The summed E-state index contributed by atoms with van der Waals surface area (Å²) in [6, 6.07) is 1.74. The van der Waals surface area contributed by atoms with Gasteiger partial charge in [0.1, 0.15) is 5.82 Å². The Morgan fingerprint density at radius 2 is 2.31 bits per heavy atom. The van der Waals surface area contributed by atoms with E-state index in [9.17, 15) is 4.39 Å². The fraction of sp³-hybridized carbons (Fsp3) is 0.500. The van der Waals surface area contributed by atoms with Crippen molar-refractivity contribution in [1.82, 2.24) is 4.98 Å². The van der Waals surface area contributed by atoms with Crippen LogP contribution in [0.5, 0.6) is 0 Å². The third kappa shape index (κ3) is 1.70. The van der Waals surface area contributed by atoms with Crippen molar-refractivity contribution < 1.29 is 4.39 Å².